The standard InChI is InChI=1S/C26H25ClN2O2/c1-15(2)31-24-7-5-4-6-20(24)25-21(14-28)16(3)29-22-12-18(13-23(30)26(22)25)17-8-10-19(27)11-9-17/h4-11,15,18,21,25H,12-13H2,1-3H3/t18-,21?,25-/m1/s1. The zero-order valence-corrected chi connectivity index (χ0v) is 18.7. The molecule has 0 N–H and O–H groups in total. The number of Topliss-reactive ketones (excluding diaryl/α,β-unsaturated/α-hetero) is 1. The summed E-state index contributed by atoms with van der Waals surface area (Å²) >= 11 is 6.04. The Kier molecular flexibility index (Phi) is 5.98. The van der Waals surface area contributed by atoms with Gasteiger partial charge in [-0.25, -0.2) is 0 Å². The maximum Gasteiger partial charge on any atom is 0.161 e. The van der Waals surface area contributed by atoms with Gasteiger partial charge in [0.1, 0.15) is 5.75 Å². The van der Waals surface area contributed by atoms with Gasteiger partial charge in [0.15, 0.2) is 5.78 Å². The lowest BCUT2D eigenvalue weighted by atomic mass is 9.69. The molecule has 0 bridgehead atoms. The van der Waals surface area contributed by atoms with Crippen LogP contribution in [0.15, 0.2) is 64.8 Å². The monoisotopic (exact) mass is 432 g/mol. The summed E-state index contributed by atoms with van der Waals surface area (Å²) in [5, 5.41) is 10.7. The van der Waals surface area contributed by atoms with Gasteiger partial charge in [-0.1, -0.05) is 41.9 Å². The van der Waals surface area contributed by atoms with Crippen LogP contribution >= 0.6 is 11.6 Å². The highest BCUT2D eigenvalue weighted by atomic mass is 35.5. The van der Waals surface area contributed by atoms with Gasteiger partial charge in [-0.2, -0.15) is 5.26 Å². The third-order valence-corrected chi connectivity index (χ3v) is 6.24. The molecule has 0 saturated carbocycles. The maximum atomic E-state index is 13.5. The van der Waals surface area contributed by atoms with Crippen LogP contribution < -0.4 is 4.74 Å². The zero-order valence-electron chi connectivity index (χ0n) is 17.9. The first-order chi connectivity index (χ1) is 14.9. The molecule has 1 aliphatic carbocycles. The second-order valence-electron chi connectivity index (χ2n) is 8.48. The van der Waals surface area contributed by atoms with Crippen molar-refractivity contribution >= 4 is 23.1 Å². The van der Waals surface area contributed by atoms with Gasteiger partial charge in [-0.05, 0) is 56.9 Å². The van der Waals surface area contributed by atoms with Gasteiger partial charge in [-0.3, -0.25) is 9.79 Å². The topological polar surface area (TPSA) is 62.4 Å². The lowest BCUT2D eigenvalue weighted by molar-refractivity contribution is -0.116. The Bertz CT molecular complexity index is 1110. The summed E-state index contributed by atoms with van der Waals surface area (Å²) in [6, 6.07) is 17.8. The smallest absolute Gasteiger partial charge is 0.161 e. The first-order valence-corrected chi connectivity index (χ1v) is 11.0. The Morgan fingerprint density at radius 1 is 1.13 bits per heavy atom. The van der Waals surface area contributed by atoms with Gasteiger partial charge in [0.05, 0.1) is 18.1 Å². The quantitative estimate of drug-likeness (QED) is 0.575. The number of hydrogen-bond donors (Lipinski definition) is 0. The minimum Gasteiger partial charge on any atom is -0.491 e. The number of ether oxygens (including phenoxy) is 1. The Morgan fingerprint density at radius 2 is 1.84 bits per heavy atom. The highest BCUT2D eigenvalue weighted by molar-refractivity contribution is 6.30. The maximum absolute atomic E-state index is 13.5. The first-order valence-electron chi connectivity index (χ1n) is 10.6. The number of nitriles is 1. The van der Waals surface area contributed by atoms with Gasteiger partial charge in [0, 0.05) is 39.9 Å². The summed E-state index contributed by atoms with van der Waals surface area (Å²) in [6.07, 6.45) is 1.06. The van der Waals surface area contributed by atoms with E-state index in [1.807, 2.05) is 69.3 Å². The fourth-order valence-electron chi connectivity index (χ4n) is 4.63. The van der Waals surface area contributed by atoms with Crippen LogP contribution in [0.4, 0.5) is 0 Å². The number of carbonyl (C=O) groups is 1. The molecule has 2 aromatic rings. The molecule has 1 unspecified atom stereocenters. The number of ketones is 1. The molecule has 1 heterocycles. The van der Waals surface area contributed by atoms with E-state index in [1.54, 1.807) is 0 Å². The summed E-state index contributed by atoms with van der Waals surface area (Å²) in [5.74, 6) is -0.0294. The molecular formula is C26H25ClN2O2. The normalized spacial score (nSPS) is 23.3. The number of hydrogen-bond acceptors (Lipinski definition) is 4. The van der Waals surface area contributed by atoms with Crippen molar-refractivity contribution in [3.63, 3.8) is 0 Å². The molecule has 0 radical (unpaired) electrons. The largest absolute Gasteiger partial charge is 0.491 e. The molecule has 1 aliphatic heterocycles. The molecule has 0 aromatic heterocycles. The predicted octanol–water partition coefficient (Wildman–Crippen LogP) is 6.23. The predicted molar refractivity (Wildman–Crippen MR) is 123 cm³/mol. The van der Waals surface area contributed by atoms with Crippen molar-refractivity contribution < 1.29 is 9.53 Å². The molecule has 2 aliphatic rings. The third kappa shape index (κ3) is 4.16. The van der Waals surface area contributed by atoms with E-state index in [0.29, 0.717) is 23.4 Å². The van der Waals surface area contributed by atoms with Gasteiger partial charge >= 0.3 is 0 Å². The third-order valence-electron chi connectivity index (χ3n) is 5.99. The minimum atomic E-state index is -0.494. The fourth-order valence-corrected chi connectivity index (χ4v) is 4.76. The summed E-state index contributed by atoms with van der Waals surface area (Å²) in [4.78, 5) is 18.2. The second-order valence-corrected chi connectivity index (χ2v) is 8.92. The summed E-state index contributed by atoms with van der Waals surface area (Å²) in [7, 11) is 0. The van der Waals surface area contributed by atoms with Crippen LogP contribution in [0.3, 0.4) is 0 Å². The van der Waals surface area contributed by atoms with E-state index < -0.39 is 5.92 Å². The highest BCUT2D eigenvalue weighted by Crippen LogP contribution is 2.48. The van der Waals surface area contributed by atoms with E-state index in [1.165, 1.54) is 0 Å². The Balaban J connectivity index is 1.80. The van der Waals surface area contributed by atoms with E-state index in [4.69, 9.17) is 21.3 Å². The second kappa shape index (κ2) is 8.69. The van der Waals surface area contributed by atoms with Crippen molar-refractivity contribution in [2.45, 2.75) is 51.6 Å². The molecule has 31 heavy (non-hydrogen) atoms. The van der Waals surface area contributed by atoms with Crippen LogP contribution in [0.25, 0.3) is 0 Å². The van der Waals surface area contributed by atoms with E-state index >= 15 is 0 Å². The van der Waals surface area contributed by atoms with Gasteiger partial charge < -0.3 is 4.74 Å². The number of allylic oxidation sites excluding steroid dienone is 2. The van der Waals surface area contributed by atoms with Crippen LogP contribution in [-0.4, -0.2) is 17.6 Å². The number of nitrogens with zero attached hydrogens (tertiary/aromatic N) is 2. The van der Waals surface area contributed by atoms with Crippen molar-refractivity contribution in [1.82, 2.24) is 0 Å². The molecular weight excluding hydrogens is 408 g/mol. The molecule has 0 spiro atoms. The molecule has 0 amide bonds. The fraction of sp³-hybridized carbons (Fsp3) is 0.346. The van der Waals surface area contributed by atoms with Crippen LogP contribution in [-0.2, 0) is 4.79 Å². The van der Waals surface area contributed by atoms with Crippen molar-refractivity contribution in [2.24, 2.45) is 10.9 Å². The average Bonchev–Trinajstić information content (AvgIpc) is 2.73. The number of aliphatic imine (C=N–C) groups is 1. The summed E-state index contributed by atoms with van der Waals surface area (Å²) in [6.45, 7) is 5.82. The molecule has 5 heteroatoms. The molecule has 2 aromatic carbocycles. The van der Waals surface area contributed by atoms with Crippen LogP contribution in [0, 0.1) is 17.2 Å². The Labute approximate surface area is 188 Å². The lowest BCUT2D eigenvalue weighted by Gasteiger charge is -2.35. The Hall–Kier alpha value is -2.90. The van der Waals surface area contributed by atoms with E-state index in [2.05, 4.69) is 6.07 Å². The number of carbonyl (C=O) groups excluding carboxylic acids is 1. The average molecular weight is 433 g/mol. The van der Waals surface area contributed by atoms with Crippen LogP contribution in [0.5, 0.6) is 5.75 Å². The zero-order chi connectivity index (χ0) is 22.1. The number of halogens is 1. The lowest BCUT2D eigenvalue weighted by Crippen LogP contribution is -2.32. The molecule has 3 atom stereocenters. The van der Waals surface area contributed by atoms with Crippen molar-refractivity contribution in [2.75, 3.05) is 0 Å². The van der Waals surface area contributed by atoms with Crippen molar-refractivity contribution in [1.29, 1.82) is 5.26 Å². The molecule has 4 nitrogen and oxygen atoms in total. The van der Waals surface area contributed by atoms with E-state index in [-0.39, 0.29) is 23.7 Å². The van der Waals surface area contributed by atoms with Crippen molar-refractivity contribution in [3.05, 3.63) is 76.0 Å². The van der Waals surface area contributed by atoms with E-state index in [9.17, 15) is 10.1 Å². The molecule has 158 valence electrons. The minimum absolute atomic E-state index is 0.00941. The SMILES string of the molecule is CC1=NC2=C(C(=O)C[C@H](c3ccc(Cl)cc3)C2)[C@H](c2ccccc2OC(C)C)C1C#N. The molecule has 4 rings (SSSR count). The summed E-state index contributed by atoms with van der Waals surface area (Å²) < 4.78 is 6.05. The van der Waals surface area contributed by atoms with Crippen LogP contribution in [0.2, 0.25) is 5.02 Å². The van der Waals surface area contributed by atoms with Gasteiger partial charge in [0.25, 0.3) is 0 Å². The first kappa shape index (κ1) is 21.3. The summed E-state index contributed by atoms with van der Waals surface area (Å²) in [5.41, 5.74) is 4.17. The Morgan fingerprint density at radius 3 is 2.52 bits per heavy atom. The van der Waals surface area contributed by atoms with Gasteiger partial charge in [0.2, 0.25) is 0 Å². The van der Waals surface area contributed by atoms with E-state index in [0.717, 1.165) is 28.3 Å². The van der Waals surface area contributed by atoms with Crippen molar-refractivity contribution in [3.8, 4) is 11.8 Å². The highest BCUT2D eigenvalue weighted by Gasteiger charge is 2.42. The number of benzene rings is 2. The molecule has 0 fully saturated rings. The van der Waals surface area contributed by atoms with Crippen LogP contribution in [0.1, 0.15) is 56.6 Å². The molecule has 0 saturated heterocycles. The van der Waals surface area contributed by atoms with Gasteiger partial charge in [-0.15, -0.1) is 0 Å². The number of rotatable bonds is 4. The number of para-hydroxylation sites is 1.